The third-order valence-corrected chi connectivity index (χ3v) is 5.45. The quantitative estimate of drug-likeness (QED) is 0.633. The molecule has 1 aliphatic heterocycles. The van der Waals surface area contributed by atoms with Crippen LogP contribution < -0.4 is 10.5 Å². The highest BCUT2D eigenvalue weighted by Crippen LogP contribution is 2.51. The number of H-pyrrole nitrogens is 1. The monoisotopic (exact) mass is 462 g/mol. The van der Waals surface area contributed by atoms with Crippen molar-refractivity contribution < 1.29 is 44.6 Å². The third kappa shape index (κ3) is 3.72. The number of alkyl halides is 9. The first-order valence-corrected chi connectivity index (χ1v) is 8.87. The maximum Gasteiger partial charge on any atom is 0.428 e. The minimum atomic E-state index is -6.09. The number of pyridine rings is 1. The maximum atomic E-state index is 13.4. The molecule has 0 spiro atoms. The molecule has 2 atom stereocenters. The molecule has 2 N–H and O–H groups in total. The Morgan fingerprint density at radius 1 is 0.968 bits per heavy atom. The zero-order valence-corrected chi connectivity index (χ0v) is 15.6. The summed E-state index contributed by atoms with van der Waals surface area (Å²) in [7, 11) is 0. The molecule has 1 aromatic carbocycles. The number of aliphatic hydroxyl groups is 1. The summed E-state index contributed by atoms with van der Waals surface area (Å²) < 4.78 is 120. The summed E-state index contributed by atoms with van der Waals surface area (Å²) >= 11 is 0. The number of rotatable bonds is 2. The number of fused-ring (bicyclic) bond motifs is 1. The standard InChI is InChI=1S/C18H15F9N2O2/c1-8-2-5-13(15(31,17(22,23)24)18(25,26)27)29(8)9-3-4-12-10(6-9)11(16(19,20)21)7-14(30)28-12/h3-4,6-8,13,31H,2,5H2,1H3,(H,28,30)/t8-,13-/m1/s1. The number of aromatic nitrogens is 1. The van der Waals surface area contributed by atoms with Crippen LogP contribution in [0.5, 0.6) is 0 Å². The molecule has 4 nitrogen and oxygen atoms in total. The van der Waals surface area contributed by atoms with Gasteiger partial charge in [0.05, 0.1) is 11.6 Å². The molecule has 31 heavy (non-hydrogen) atoms. The molecular weight excluding hydrogens is 447 g/mol. The first kappa shape index (κ1) is 23.2. The lowest BCUT2D eigenvalue weighted by molar-refractivity contribution is -0.373. The van der Waals surface area contributed by atoms with Gasteiger partial charge in [-0.15, -0.1) is 0 Å². The highest BCUT2D eigenvalue weighted by molar-refractivity contribution is 5.86. The van der Waals surface area contributed by atoms with Crippen molar-refractivity contribution in [2.24, 2.45) is 0 Å². The van der Waals surface area contributed by atoms with Gasteiger partial charge in [-0.2, -0.15) is 39.5 Å². The molecule has 13 heteroatoms. The van der Waals surface area contributed by atoms with Crippen LogP contribution in [0.25, 0.3) is 10.9 Å². The van der Waals surface area contributed by atoms with E-state index in [0.29, 0.717) is 4.90 Å². The van der Waals surface area contributed by atoms with Gasteiger partial charge in [-0.25, -0.2) is 0 Å². The summed E-state index contributed by atoms with van der Waals surface area (Å²) in [5, 5.41) is 9.24. The first-order chi connectivity index (χ1) is 14.0. The Bertz CT molecular complexity index is 1030. The fourth-order valence-electron chi connectivity index (χ4n) is 4.00. The molecule has 3 rings (SSSR count). The van der Waals surface area contributed by atoms with Crippen LogP contribution in [0.1, 0.15) is 25.3 Å². The van der Waals surface area contributed by atoms with Gasteiger partial charge in [0, 0.05) is 28.7 Å². The maximum absolute atomic E-state index is 13.4. The minimum absolute atomic E-state index is 0.172. The van der Waals surface area contributed by atoms with Crippen LogP contribution in [-0.2, 0) is 6.18 Å². The molecule has 0 radical (unpaired) electrons. The number of nitrogens with zero attached hydrogens (tertiary/aromatic N) is 1. The normalized spacial score (nSPS) is 21.2. The van der Waals surface area contributed by atoms with Crippen LogP contribution in [0.3, 0.4) is 0 Å². The predicted octanol–water partition coefficient (Wildman–Crippen LogP) is 4.76. The first-order valence-electron chi connectivity index (χ1n) is 8.87. The molecule has 1 fully saturated rings. The summed E-state index contributed by atoms with van der Waals surface area (Å²) in [6.07, 6.45) is -18.0. The topological polar surface area (TPSA) is 56.3 Å². The van der Waals surface area contributed by atoms with Gasteiger partial charge in [0.25, 0.3) is 5.60 Å². The summed E-state index contributed by atoms with van der Waals surface area (Å²) in [6, 6.07) is -0.494. The molecule has 0 unspecified atom stereocenters. The van der Waals surface area contributed by atoms with Crippen molar-refractivity contribution in [3.63, 3.8) is 0 Å². The van der Waals surface area contributed by atoms with Crippen LogP contribution in [0.2, 0.25) is 0 Å². The second-order valence-electron chi connectivity index (χ2n) is 7.39. The van der Waals surface area contributed by atoms with Crippen molar-refractivity contribution in [2.45, 2.75) is 56.0 Å². The lowest BCUT2D eigenvalue weighted by Crippen LogP contribution is -2.67. The number of hydrogen-bond donors (Lipinski definition) is 2. The minimum Gasteiger partial charge on any atom is -0.372 e. The Hall–Kier alpha value is -2.44. The molecule has 0 amide bonds. The SMILES string of the molecule is C[C@@H]1CC[C@H](C(O)(C(F)(F)F)C(F)(F)F)N1c1ccc2[nH]c(=O)cc(C(F)(F)F)c2c1. The van der Waals surface area contributed by atoms with Crippen molar-refractivity contribution in [1.29, 1.82) is 0 Å². The third-order valence-electron chi connectivity index (χ3n) is 5.45. The summed E-state index contributed by atoms with van der Waals surface area (Å²) in [4.78, 5) is 14.3. The second kappa shape index (κ2) is 7.04. The molecule has 1 aromatic heterocycles. The average Bonchev–Trinajstić information content (AvgIpc) is 2.98. The molecular formula is C18H15F9N2O2. The van der Waals surface area contributed by atoms with E-state index in [1.54, 1.807) is 0 Å². The summed E-state index contributed by atoms with van der Waals surface area (Å²) in [5.41, 5.74) is -8.25. The van der Waals surface area contributed by atoms with Crippen LogP contribution in [-0.4, -0.2) is 40.1 Å². The van der Waals surface area contributed by atoms with E-state index in [2.05, 4.69) is 4.98 Å². The van der Waals surface area contributed by atoms with Gasteiger partial charge in [0.15, 0.2) is 0 Å². The van der Waals surface area contributed by atoms with E-state index in [0.717, 1.165) is 18.2 Å². The lowest BCUT2D eigenvalue weighted by atomic mass is 9.90. The number of anilines is 1. The molecule has 1 saturated heterocycles. The van der Waals surface area contributed by atoms with Crippen LogP contribution >= 0.6 is 0 Å². The highest BCUT2D eigenvalue weighted by Gasteiger charge is 2.75. The van der Waals surface area contributed by atoms with Gasteiger partial charge < -0.3 is 15.0 Å². The Morgan fingerprint density at radius 2 is 1.55 bits per heavy atom. The largest absolute Gasteiger partial charge is 0.428 e. The molecule has 172 valence electrons. The number of nitrogens with one attached hydrogen (secondary N) is 1. The van der Waals surface area contributed by atoms with E-state index in [1.165, 1.54) is 6.92 Å². The number of aromatic amines is 1. The fourth-order valence-corrected chi connectivity index (χ4v) is 4.00. The second-order valence-corrected chi connectivity index (χ2v) is 7.39. The van der Waals surface area contributed by atoms with Crippen LogP contribution in [0, 0.1) is 0 Å². The Labute approximate surface area is 168 Å². The van der Waals surface area contributed by atoms with Gasteiger partial charge in [-0.1, -0.05) is 0 Å². The van der Waals surface area contributed by atoms with Crippen molar-refractivity contribution >= 4 is 16.6 Å². The lowest BCUT2D eigenvalue weighted by Gasteiger charge is -2.43. The molecule has 2 heterocycles. The number of benzene rings is 1. The highest BCUT2D eigenvalue weighted by atomic mass is 19.4. The number of halogens is 9. The van der Waals surface area contributed by atoms with Crippen molar-refractivity contribution in [3.8, 4) is 0 Å². The molecule has 1 aliphatic rings. The zero-order chi connectivity index (χ0) is 23.6. The van der Waals surface area contributed by atoms with Gasteiger partial charge in [0.1, 0.15) is 0 Å². The smallest absolute Gasteiger partial charge is 0.372 e. The van der Waals surface area contributed by atoms with Crippen molar-refractivity contribution in [1.82, 2.24) is 4.98 Å². The molecule has 2 aromatic rings. The molecule has 0 aliphatic carbocycles. The van der Waals surface area contributed by atoms with Crippen LogP contribution in [0.15, 0.2) is 29.1 Å². The predicted molar refractivity (Wildman–Crippen MR) is 91.6 cm³/mol. The van der Waals surface area contributed by atoms with E-state index in [-0.39, 0.29) is 23.7 Å². The van der Waals surface area contributed by atoms with Crippen molar-refractivity contribution in [2.75, 3.05) is 4.90 Å². The Kier molecular flexibility index (Phi) is 5.27. The average molecular weight is 462 g/mol. The van der Waals surface area contributed by atoms with E-state index in [9.17, 15) is 49.4 Å². The fraction of sp³-hybridized carbons (Fsp3) is 0.500. The Balaban J connectivity index is 2.22. The summed E-state index contributed by atoms with van der Waals surface area (Å²) in [5.74, 6) is 0. The zero-order valence-electron chi connectivity index (χ0n) is 15.6. The van der Waals surface area contributed by atoms with Gasteiger partial charge in [0.2, 0.25) is 5.56 Å². The van der Waals surface area contributed by atoms with Gasteiger partial charge in [-0.3, -0.25) is 4.79 Å². The Morgan fingerprint density at radius 3 is 2.06 bits per heavy atom. The van der Waals surface area contributed by atoms with E-state index in [4.69, 9.17) is 0 Å². The van der Waals surface area contributed by atoms with E-state index >= 15 is 0 Å². The molecule has 0 saturated carbocycles. The van der Waals surface area contributed by atoms with E-state index in [1.807, 2.05) is 0 Å². The van der Waals surface area contributed by atoms with Crippen molar-refractivity contribution in [3.05, 3.63) is 40.2 Å². The van der Waals surface area contributed by atoms with Gasteiger partial charge in [-0.05, 0) is 38.0 Å². The summed E-state index contributed by atoms with van der Waals surface area (Å²) in [6.45, 7) is 1.30. The molecule has 0 bridgehead atoms. The van der Waals surface area contributed by atoms with Gasteiger partial charge >= 0.3 is 18.5 Å². The van der Waals surface area contributed by atoms with Crippen LogP contribution in [0.4, 0.5) is 45.2 Å². The van der Waals surface area contributed by atoms with E-state index < -0.39 is 59.1 Å². The number of hydrogen-bond acceptors (Lipinski definition) is 3.